The summed E-state index contributed by atoms with van der Waals surface area (Å²) in [5.74, 6) is 0. The Morgan fingerprint density at radius 1 is 1.30 bits per heavy atom. The maximum atomic E-state index is 4.93. The molecule has 1 heteroatoms. The van der Waals surface area contributed by atoms with Gasteiger partial charge in [0, 0.05) is 0 Å². The van der Waals surface area contributed by atoms with Crippen LogP contribution < -0.4 is 0 Å². The maximum Gasteiger partial charge on any atom is 0.0700 e. The van der Waals surface area contributed by atoms with Crippen LogP contribution in [0, 0.1) is 12.5 Å². The summed E-state index contributed by atoms with van der Waals surface area (Å²) >= 11 is 0. The van der Waals surface area contributed by atoms with Crippen LogP contribution in [0.3, 0.4) is 0 Å². The lowest BCUT2D eigenvalue weighted by Gasteiger charge is -2.32. The van der Waals surface area contributed by atoms with E-state index in [1.165, 1.54) is 32.1 Å². The highest BCUT2D eigenvalue weighted by molar-refractivity contribution is 4.77. The second kappa shape index (κ2) is 3.38. The molecule has 0 spiro atoms. The lowest BCUT2D eigenvalue weighted by Crippen LogP contribution is -2.24. The third kappa shape index (κ3) is 1.98. The van der Waals surface area contributed by atoms with Gasteiger partial charge in [0.25, 0.3) is 0 Å². The van der Waals surface area contributed by atoms with Crippen molar-refractivity contribution in [1.29, 1.82) is 0 Å². The van der Waals surface area contributed by atoms with Crippen molar-refractivity contribution in [2.75, 3.05) is 6.61 Å². The minimum absolute atomic E-state index is 0.444. The van der Waals surface area contributed by atoms with Crippen molar-refractivity contribution in [3.05, 3.63) is 7.11 Å². The summed E-state index contributed by atoms with van der Waals surface area (Å²) < 4.78 is 4.93. The molecule has 0 aromatic carbocycles. The predicted octanol–water partition coefficient (Wildman–Crippen LogP) is 2.76. The van der Waals surface area contributed by atoms with Gasteiger partial charge in [0.2, 0.25) is 0 Å². The molecule has 0 saturated heterocycles. The molecule has 1 radical (unpaired) electrons. The molecule has 0 N–H and O–H groups in total. The summed E-state index contributed by atoms with van der Waals surface area (Å²) in [7, 11) is 3.42. The Labute approximate surface area is 63.8 Å². The number of ether oxygens (including phenoxy) is 1. The zero-order valence-corrected chi connectivity index (χ0v) is 6.86. The standard InChI is InChI=1S/C9H17O/c1-9(8-10-2)6-4-3-5-7-9/h2-8H2,1H3. The fourth-order valence-electron chi connectivity index (χ4n) is 1.80. The van der Waals surface area contributed by atoms with Gasteiger partial charge in [-0.1, -0.05) is 26.2 Å². The summed E-state index contributed by atoms with van der Waals surface area (Å²) in [5.41, 5.74) is 0.444. The van der Waals surface area contributed by atoms with Gasteiger partial charge in [0.1, 0.15) is 0 Å². The van der Waals surface area contributed by atoms with E-state index in [0.717, 1.165) is 6.61 Å². The first-order chi connectivity index (χ1) is 4.77. The molecule has 1 fully saturated rings. The molecule has 0 aromatic heterocycles. The molecule has 0 unspecified atom stereocenters. The van der Waals surface area contributed by atoms with Crippen LogP contribution in [-0.2, 0) is 4.74 Å². The van der Waals surface area contributed by atoms with Gasteiger partial charge < -0.3 is 4.74 Å². The molecule has 0 heterocycles. The fourth-order valence-corrected chi connectivity index (χ4v) is 1.80. The number of rotatable bonds is 2. The van der Waals surface area contributed by atoms with E-state index in [1.54, 1.807) is 0 Å². The van der Waals surface area contributed by atoms with E-state index in [-0.39, 0.29) is 0 Å². The Bertz CT molecular complexity index is 87.4. The second-order valence-electron chi connectivity index (χ2n) is 3.72. The van der Waals surface area contributed by atoms with E-state index in [4.69, 9.17) is 4.74 Å². The highest BCUT2D eigenvalue weighted by Gasteiger charge is 2.26. The van der Waals surface area contributed by atoms with Crippen LogP contribution in [0.2, 0.25) is 0 Å². The Morgan fingerprint density at radius 3 is 2.40 bits per heavy atom. The summed E-state index contributed by atoms with van der Waals surface area (Å²) in [5, 5.41) is 0. The van der Waals surface area contributed by atoms with Crippen LogP contribution in [0.5, 0.6) is 0 Å². The fraction of sp³-hybridized carbons (Fsp3) is 0.889. The quantitative estimate of drug-likeness (QED) is 0.574. The lowest BCUT2D eigenvalue weighted by molar-refractivity contribution is 0.0830. The highest BCUT2D eigenvalue weighted by Crippen LogP contribution is 2.35. The van der Waals surface area contributed by atoms with E-state index in [2.05, 4.69) is 14.0 Å². The SMILES string of the molecule is [CH2]OCC1(C)CCCCC1. The molecule has 0 bridgehead atoms. The van der Waals surface area contributed by atoms with E-state index < -0.39 is 0 Å². The zero-order chi connectivity index (χ0) is 7.45. The molecule has 1 saturated carbocycles. The lowest BCUT2D eigenvalue weighted by atomic mass is 9.76. The molecular weight excluding hydrogens is 124 g/mol. The molecule has 0 aliphatic heterocycles. The number of hydrogen-bond donors (Lipinski definition) is 0. The first-order valence-corrected chi connectivity index (χ1v) is 4.14. The van der Waals surface area contributed by atoms with Crippen LogP contribution in [0.25, 0.3) is 0 Å². The highest BCUT2D eigenvalue weighted by atomic mass is 16.5. The first kappa shape index (κ1) is 8.06. The average molecular weight is 141 g/mol. The van der Waals surface area contributed by atoms with Gasteiger partial charge in [-0.2, -0.15) is 0 Å². The van der Waals surface area contributed by atoms with Crippen molar-refractivity contribution in [1.82, 2.24) is 0 Å². The van der Waals surface area contributed by atoms with Crippen molar-refractivity contribution >= 4 is 0 Å². The molecular formula is C9H17O. The maximum absolute atomic E-state index is 4.93. The van der Waals surface area contributed by atoms with Gasteiger partial charge >= 0.3 is 0 Å². The average Bonchev–Trinajstić information content (AvgIpc) is 1.89. The summed E-state index contributed by atoms with van der Waals surface area (Å²) in [6.45, 7) is 3.14. The Morgan fingerprint density at radius 2 is 1.90 bits per heavy atom. The predicted molar refractivity (Wildman–Crippen MR) is 42.5 cm³/mol. The van der Waals surface area contributed by atoms with Crippen molar-refractivity contribution in [3.63, 3.8) is 0 Å². The minimum atomic E-state index is 0.444. The molecule has 59 valence electrons. The van der Waals surface area contributed by atoms with Crippen LogP contribution in [0.4, 0.5) is 0 Å². The molecule has 1 nitrogen and oxygen atoms in total. The summed E-state index contributed by atoms with van der Waals surface area (Å²) in [6.07, 6.45) is 6.80. The zero-order valence-electron chi connectivity index (χ0n) is 6.86. The van der Waals surface area contributed by atoms with Crippen LogP contribution in [-0.4, -0.2) is 6.61 Å². The Kier molecular flexibility index (Phi) is 2.72. The first-order valence-electron chi connectivity index (χ1n) is 4.14. The van der Waals surface area contributed by atoms with Gasteiger partial charge in [0.05, 0.1) is 13.7 Å². The van der Waals surface area contributed by atoms with Crippen molar-refractivity contribution in [2.45, 2.75) is 39.0 Å². The van der Waals surface area contributed by atoms with Crippen LogP contribution >= 0.6 is 0 Å². The summed E-state index contributed by atoms with van der Waals surface area (Å²) in [6, 6.07) is 0. The van der Waals surface area contributed by atoms with Gasteiger partial charge in [-0.15, -0.1) is 0 Å². The van der Waals surface area contributed by atoms with E-state index in [1.807, 2.05) is 0 Å². The third-order valence-corrected chi connectivity index (χ3v) is 2.51. The molecule has 0 aromatic rings. The molecule has 1 rings (SSSR count). The molecule has 1 aliphatic carbocycles. The Hall–Kier alpha value is -0.0400. The topological polar surface area (TPSA) is 9.23 Å². The van der Waals surface area contributed by atoms with Crippen molar-refractivity contribution in [3.8, 4) is 0 Å². The van der Waals surface area contributed by atoms with Gasteiger partial charge in [-0.25, -0.2) is 0 Å². The summed E-state index contributed by atoms with van der Waals surface area (Å²) in [4.78, 5) is 0. The van der Waals surface area contributed by atoms with E-state index in [0.29, 0.717) is 5.41 Å². The second-order valence-corrected chi connectivity index (χ2v) is 3.72. The van der Waals surface area contributed by atoms with E-state index in [9.17, 15) is 0 Å². The smallest absolute Gasteiger partial charge is 0.0700 e. The van der Waals surface area contributed by atoms with Gasteiger partial charge in [-0.3, -0.25) is 0 Å². The van der Waals surface area contributed by atoms with E-state index >= 15 is 0 Å². The largest absolute Gasteiger partial charge is 0.378 e. The number of hydrogen-bond acceptors (Lipinski definition) is 1. The molecule has 0 atom stereocenters. The minimum Gasteiger partial charge on any atom is -0.378 e. The monoisotopic (exact) mass is 141 g/mol. The van der Waals surface area contributed by atoms with Crippen LogP contribution in [0.15, 0.2) is 0 Å². The van der Waals surface area contributed by atoms with Gasteiger partial charge in [0.15, 0.2) is 0 Å². The van der Waals surface area contributed by atoms with Gasteiger partial charge in [-0.05, 0) is 18.3 Å². The van der Waals surface area contributed by atoms with Crippen molar-refractivity contribution in [2.24, 2.45) is 5.41 Å². The molecule has 10 heavy (non-hydrogen) atoms. The normalized spacial score (nSPS) is 24.6. The molecule has 0 amide bonds. The van der Waals surface area contributed by atoms with Crippen molar-refractivity contribution < 1.29 is 4.74 Å². The third-order valence-electron chi connectivity index (χ3n) is 2.51. The van der Waals surface area contributed by atoms with Crippen LogP contribution in [0.1, 0.15) is 39.0 Å². The Balaban J connectivity index is 2.32. The molecule has 1 aliphatic rings.